The van der Waals surface area contributed by atoms with E-state index in [1.807, 2.05) is 0 Å². The average Bonchev–Trinajstić information content (AvgIpc) is 3.80. The van der Waals surface area contributed by atoms with Gasteiger partial charge in [-0.3, -0.25) is 20.0 Å². The zero-order valence-corrected chi connectivity index (χ0v) is 28.9. The number of hydrogen-bond donors (Lipinski definition) is 6. The van der Waals surface area contributed by atoms with Crippen LogP contribution in [-0.2, 0) is 39.3 Å². The molecule has 0 unspecified atom stereocenters. The lowest BCUT2D eigenvalue weighted by molar-refractivity contribution is 0.264. The molecule has 0 fully saturated rings. The van der Waals surface area contributed by atoms with Gasteiger partial charge in [0.05, 0.1) is 11.4 Å². The first-order chi connectivity index (χ1) is 24.7. The van der Waals surface area contributed by atoms with E-state index in [0.717, 1.165) is 114 Å². The first-order valence-corrected chi connectivity index (χ1v) is 18.0. The average molecular weight is 671 g/mol. The van der Waals surface area contributed by atoms with Gasteiger partial charge < -0.3 is 21.3 Å². The third-order valence-corrected chi connectivity index (χ3v) is 9.47. The van der Waals surface area contributed by atoms with Crippen LogP contribution in [0.5, 0.6) is 0 Å². The lowest BCUT2D eigenvalue weighted by Gasteiger charge is -2.23. The number of nitrogens with zero attached hydrogens (tertiary/aromatic N) is 4. The van der Waals surface area contributed by atoms with Crippen LogP contribution in [0, 0.1) is 0 Å². The van der Waals surface area contributed by atoms with Crippen LogP contribution < -0.4 is 21.3 Å². The van der Waals surface area contributed by atoms with E-state index < -0.39 is 0 Å². The molecule has 50 heavy (non-hydrogen) atoms. The Bertz CT molecular complexity index is 1740. The van der Waals surface area contributed by atoms with Gasteiger partial charge in [-0.05, 0) is 56.9 Å². The molecule has 0 spiro atoms. The minimum absolute atomic E-state index is 0.743. The molecule has 0 aliphatic carbocycles. The fourth-order valence-corrected chi connectivity index (χ4v) is 6.74. The van der Waals surface area contributed by atoms with Crippen molar-refractivity contribution in [3.8, 4) is 0 Å². The Morgan fingerprint density at radius 2 is 0.840 bits per heavy atom. The molecule has 0 saturated heterocycles. The van der Waals surface area contributed by atoms with Crippen LogP contribution >= 0.6 is 0 Å². The maximum absolute atomic E-state index is 4.58. The molecule has 3 heterocycles. The standard InChI is InChI=1S/C40H50N10/c1-3-7-35-21-31(9-11-33(35)5-1)29-49-17-13-41-25-37-23-39(47-45-37)27-43-15-19-50(30-32-10-12-34-6-2-4-8-36(34)22-32)20-16-44-28-40-24-38(46-48-40)26-42-14-18-49/h1-12,21-24,41-44H,13-20,25-30H2,(H,45,47)(H,46,48). The van der Waals surface area contributed by atoms with Gasteiger partial charge in [-0.1, -0.05) is 72.8 Å². The van der Waals surface area contributed by atoms with Crippen LogP contribution in [0.15, 0.2) is 97.1 Å². The zero-order valence-electron chi connectivity index (χ0n) is 28.9. The highest BCUT2D eigenvalue weighted by Crippen LogP contribution is 2.18. The molecule has 0 atom stereocenters. The molecule has 2 aromatic heterocycles. The van der Waals surface area contributed by atoms with E-state index in [9.17, 15) is 0 Å². The predicted molar refractivity (Wildman–Crippen MR) is 202 cm³/mol. The molecule has 6 aromatic rings. The largest absolute Gasteiger partial charge is 0.310 e. The second kappa shape index (κ2) is 17.5. The molecule has 0 radical (unpaired) electrons. The monoisotopic (exact) mass is 670 g/mol. The van der Waals surface area contributed by atoms with Gasteiger partial charge in [-0.25, -0.2) is 0 Å². The molecule has 6 N–H and O–H groups in total. The van der Waals surface area contributed by atoms with Gasteiger partial charge in [0, 0.05) is 103 Å². The summed E-state index contributed by atoms with van der Waals surface area (Å²) in [5, 5.41) is 35.3. The maximum Gasteiger partial charge on any atom is 0.0763 e. The second-order valence-corrected chi connectivity index (χ2v) is 13.4. The smallest absolute Gasteiger partial charge is 0.0763 e. The van der Waals surface area contributed by atoms with Crippen LogP contribution in [0.1, 0.15) is 33.9 Å². The van der Waals surface area contributed by atoms with E-state index in [1.165, 1.54) is 32.7 Å². The van der Waals surface area contributed by atoms with Gasteiger partial charge in [0.25, 0.3) is 0 Å². The topological polar surface area (TPSA) is 112 Å². The van der Waals surface area contributed by atoms with Crippen molar-refractivity contribution < 1.29 is 0 Å². The Labute approximate surface area is 295 Å². The summed E-state index contributed by atoms with van der Waals surface area (Å²) in [6.45, 7) is 12.2. The Kier molecular flexibility index (Phi) is 11.9. The van der Waals surface area contributed by atoms with Gasteiger partial charge in [-0.2, -0.15) is 10.2 Å². The van der Waals surface area contributed by atoms with Crippen molar-refractivity contribution in [3.63, 3.8) is 0 Å². The van der Waals surface area contributed by atoms with Gasteiger partial charge >= 0.3 is 0 Å². The molecule has 0 amide bonds. The summed E-state index contributed by atoms with van der Waals surface area (Å²) in [5.74, 6) is 0. The number of aromatic amines is 2. The number of H-pyrrole nitrogens is 2. The van der Waals surface area contributed by atoms with Crippen molar-refractivity contribution >= 4 is 21.5 Å². The minimum Gasteiger partial charge on any atom is -0.310 e. The molecule has 1 aliphatic rings. The molecule has 1 aliphatic heterocycles. The highest BCUT2D eigenvalue weighted by Gasteiger charge is 2.11. The van der Waals surface area contributed by atoms with Gasteiger partial charge in [-0.15, -0.1) is 0 Å². The number of aromatic nitrogens is 4. The number of benzene rings is 4. The number of nitrogens with one attached hydrogen (secondary N) is 6. The first kappa shape index (κ1) is 34.0. The highest BCUT2D eigenvalue weighted by atomic mass is 15.2. The van der Waals surface area contributed by atoms with Crippen LogP contribution in [0.25, 0.3) is 21.5 Å². The van der Waals surface area contributed by atoms with Gasteiger partial charge in [0.15, 0.2) is 0 Å². The predicted octanol–water partition coefficient (Wildman–Crippen LogP) is 4.52. The van der Waals surface area contributed by atoms with Gasteiger partial charge in [0.1, 0.15) is 0 Å². The molecular formula is C40H50N10. The van der Waals surface area contributed by atoms with E-state index in [2.05, 4.69) is 149 Å². The molecule has 260 valence electrons. The molecular weight excluding hydrogens is 621 g/mol. The van der Waals surface area contributed by atoms with E-state index in [4.69, 9.17) is 0 Å². The molecule has 4 bridgehead atoms. The number of rotatable bonds is 4. The lowest BCUT2D eigenvalue weighted by Crippen LogP contribution is -2.36. The third kappa shape index (κ3) is 9.85. The highest BCUT2D eigenvalue weighted by molar-refractivity contribution is 5.83. The second-order valence-electron chi connectivity index (χ2n) is 13.4. The van der Waals surface area contributed by atoms with Crippen molar-refractivity contribution in [2.45, 2.75) is 39.3 Å². The molecule has 10 nitrogen and oxygen atoms in total. The molecule has 7 rings (SSSR count). The van der Waals surface area contributed by atoms with E-state index in [1.54, 1.807) is 0 Å². The normalized spacial score (nSPS) is 17.1. The maximum atomic E-state index is 4.58. The fraction of sp³-hybridized carbons (Fsp3) is 0.350. The van der Waals surface area contributed by atoms with Crippen LogP contribution in [0.4, 0.5) is 0 Å². The fourth-order valence-electron chi connectivity index (χ4n) is 6.74. The van der Waals surface area contributed by atoms with Crippen molar-refractivity contribution in [1.29, 1.82) is 0 Å². The summed E-state index contributed by atoms with van der Waals surface area (Å²) >= 11 is 0. The summed E-state index contributed by atoms with van der Waals surface area (Å²) in [5.41, 5.74) is 6.99. The van der Waals surface area contributed by atoms with Crippen molar-refractivity contribution in [3.05, 3.63) is 131 Å². The Hall–Kier alpha value is -4.42. The quantitative estimate of drug-likeness (QED) is 0.163. The lowest BCUT2D eigenvalue weighted by atomic mass is 10.1. The van der Waals surface area contributed by atoms with Crippen LogP contribution in [0.3, 0.4) is 0 Å². The van der Waals surface area contributed by atoms with E-state index >= 15 is 0 Å². The van der Waals surface area contributed by atoms with Crippen LogP contribution in [-0.4, -0.2) is 82.6 Å². The van der Waals surface area contributed by atoms with Crippen molar-refractivity contribution in [2.24, 2.45) is 0 Å². The summed E-state index contributed by atoms with van der Waals surface area (Å²) in [4.78, 5) is 5.04. The summed E-state index contributed by atoms with van der Waals surface area (Å²) in [7, 11) is 0. The summed E-state index contributed by atoms with van der Waals surface area (Å²) < 4.78 is 0. The Morgan fingerprint density at radius 1 is 0.440 bits per heavy atom. The zero-order chi connectivity index (χ0) is 33.8. The number of hydrogen-bond acceptors (Lipinski definition) is 8. The Morgan fingerprint density at radius 3 is 1.28 bits per heavy atom. The molecule has 10 heteroatoms. The molecule has 0 saturated carbocycles. The first-order valence-electron chi connectivity index (χ1n) is 18.0. The third-order valence-electron chi connectivity index (χ3n) is 9.47. The molecule has 4 aromatic carbocycles. The Balaban J connectivity index is 0.973. The van der Waals surface area contributed by atoms with Crippen molar-refractivity contribution in [1.82, 2.24) is 51.5 Å². The SMILES string of the molecule is c1ccc2cc(CN3CCNCc4cc([nH]n4)CNCCN(Cc4ccc5ccccc5c4)CCNCc4cc(n[nH]4)CNCC3)ccc2c1. The van der Waals surface area contributed by atoms with E-state index in [0.29, 0.717) is 0 Å². The van der Waals surface area contributed by atoms with Crippen LogP contribution in [0.2, 0.25) is 0 Å². The van der Waals surface area contributed by atoms with Gasteiger partial charge in [0.2, 0.25) is 0 Å². The minimum atomic E-state index is 0.743. The van der Waals surface area contributed by atoms with E-state index in [-0.39, 0.29) is 0 Å². The summed E-state index contributed by atoms with van der Waals surface area (Å²) in [6, 6.07) is 35.2. The number of fused-ring (bicyclic) bond motifs is 6. The summed E-state index contributed by atoms with van der Waals surface area (Å²) in [6.07, 6.45) is 0. The van der Waals surface area contributed by atoms with Crippen molar-refractivity contribution in [2.75, 3.05) is 52.4 Å².